The molecule has 120 valence electrons. The molecule has 1 atom stereocenters. The summed E-state index contributed by atoms with van der Waals surface area (Å²) in [6.07, 6.45) is 0. The number of hydrogen-bond donors (Lipinski definition) is 1. The summed E-state index contributed by atoms with van der Waals surface area (Å²) in [5.74, 6) is -0.380. The molecule has 0 bridgehead atoms. The molecule has 2 rings (SSSR count). The fourth-order valence-electron chi connectivity index (χ4n) is 1.58. The van der Waals surface area contributed by atoms with Crippen LogP contribution in [0.4, 0.5) is 0 Å². The van der Waals surface area contributed by atoms with Crippen molar-refractivity contribution in [3.8, 4) is 11.5 Å². The van der Waals surface area contributed by atoms with E-state index in [2.05, 4.69) is 9.80 Å². The van der Waals surface area contributed by atoms with Crippen molar-refractivity contribution in [3.63, 3.8) is 0 Å². The van der Waals surface area contributed by atoms with Gasteiger partial charge in [0, 0.05) is 9.80 Å². The molecular formula is C12H10N3O6PS. The molecule has 0 aliphatic rings. The fourth-order valence-corrected chi connectivity index (χ4v) is 3.26. The summed E-state index contributed by atoms with van der Waals surface area (Å²) in [6, 6.07) is 12.6. The monoisotopic (exact) mass is 355 g/mol. The molecule has 0 fully saturated rings. The third kappa shape index (κ3) is 4.48. The maximum Gasteiger partial charge on any atom is 0.525 e. The maximum absolute atomic E-state index is 12.5. The number of rotatable bonds is 6. The highest BCUT2D eigenvalue weighted by Crippen LogP contribution is 2.51. The molecule has 0 radical (unpaired) electrons. The molecule has 0 aliphatic heterocycles. The van der Waals surface area contributed by atoms with Gasteiger partial charge in [0.15, 0.2) is 5.75 Å². The SMILES string of the molecule is [N-]=[N+]=NP(=O)(Oc1ccccc1)Oc1ccccc1S(=O)(=O)O. The van der Waals surface area contributed by atoms with Gasteiger partial charge in [-0.25, -0.2) is 4.57 Å². The van der Waals surface area contributed by atoms with E-state index in [-0.39, 0.29) is 5.75 Å². The lowest BCUT2D eigenvalue weighted by Gasteiger charge is -2.16. The summed E-state index contributed by atoms with van der Waals surface area (Å²) in [7, 11) is -9.06. The van der Waals surface area contributed by atoms with Gasteiger partial charge >= 0.3 is 7.75 Å². The van der Waals surface area contributed by atoms with Crippen LogP contribution in [0.25, 0.3) is 10.4 Å². The summed E-state index contributed by atoms with van der Waals surface area (Å²) >= 11 is 0. The Hall–Kier alpha value is -2.51. The topological polar surface area (TPSA) is 139 Å². The summed E-state index contributed by atoms with van der Waals surface area (Å²) in [5.41, 5.74) is 8.55. The van der Waals surface area contributed by atoms with Gasteiger partial charge in [-0.2, -0.15) is 8.42 Å². The first kappa shape index (κ1) is 16.9. The zero-order valence-corrected chi connectivity index (χ0v) is 13.1. The van der Waals surface area contributed by atoms with E-state index >= 15 is 0 Å². The molecule has 0 saturated carbocycles. The van der Waals surface area contributed by atoms with Crippen molar-refractivity contribution in [3.05, 3.63) is 65.0 Å². The van der Waals surface area contributed by atoms with E-state index in [0.717, 1.165) is 12.1 Å². The molecule has 2 aromatic rings. The number of benzene rings is 2. The molecule has 9 nitrogen and oxygen atoms in total. The zero-order chi connectivity index (χ0) is 16.9. The van der Waals surface area contributed by atoms with E-state index in [0.29, 0.717) is 0 Å². The highest BCUT2D eigenvalue weighted by atomic mass is 32.2. The van der Waals surface area contributed by atoms with Crippen LogP contribution < -0.4 is 9.05 Å². The number of nitrogens with zero attached hydrogens (tertiary/aromatic N) is 3. The molecule has 11 heteroatoms. The van der Waals surface area contributed by atoms with E-state index in [4.69, 9.17) is 19.1 Å². The van der Waals surface area contributed by atoms with Crippen LogP contribution >= 0.6 is 7.75 Å². The molecule has 1 N–H and O–H groups in total. The predicted octanol–water partition coefficient (Wildman–Crippen LogP) is 3.81. The highest BCUT2D eigenvalue weighted by molar-refractivity contribution is 7.86. The second kappa shape index (κ2) is 6.72. The van der Waals surface area contributed by atoms with E-state index in [1.165, 1.54) is 24.3 Å². The average Bonchev–Trinajstić information content (AvgIpc) is 2.47. The number of hydrogen-bond acceptors (Lipinski definition) is 5. The minimum absolute atomic E-state index is 0.0903. The first-order valence-electron chi connectivity index (χ1n) is 6.01. The number of para-hydroxylation sites is 2. The lowest BCUT2D eigenvalue weighted by atomic mass is 10.3. The molecule has 0 aliphatic carbocycles. The summed E-state index contributed by atoms with van der Waals surface area (Å²) < 4.78 is 54.3. The Labute approximate surface area is 131 Å². The third-order valence-electron chi connectivity index (χ3n) is 2.45. The standard InChI is InChI=1S/C12H10N3O6PS/c13-14-15-22(16,20-10-6-2-1-3-7-10)21-11-8-4-5-9-12(11)23(17,18)19/h1-9H,(H,17,18,19). The fraction of sp³-hybridized carbons (Fsp3) is 0. The van der Waals surface area contributed by atoms with Crippen molar-refractivity contribution in [2.45, 2.75) is 4.90 Å². The van der Waals surface area contributed by atoms with E-state index < -0.39 is 28.5 Å². The Morgan fingerprint density at radius 1 is 1.04 bits per heavy atom. The van der Waals surface area contributed by atoms with E-state index in [1.54, 1.807) is 18.2 Å². The second-order valence-corrected chi connectivity index (χ2v) is 6.94. The molecule has 0 saturated heterocycles. The van der Waals surface area contributed by atoms with Gasteiger partial charge in [-0.05, 0) is 29.8 Å². The van der Waals surface area contributed by atoms with Gasteiger partial charge in [0.2, 0.25) is 0 Å². The lowest BCUT2D eigenvalue weighted by Crippen LogP contribution is -2.04. The first-order chi connectivity index (χ1) is 10.8. The van der Waals surface area contributed by atoms with Gasteiger partial charge in [-0.15, -0.1) is 0 Å². The molecule has 1 unspecified atom stereocenters. The van der Waals surface area contributed by atoms with Crippen LogP contribution in [0.2, 0.25) is 0 Å². The zero-order valence-electron chi connectivity index (χ0n) is 11.4. The van der Waals surface area contributed by atoms with Crippen LogP contribution in [0.15, 0.2) is 64.4 Å². The van der Waals surface area contributed by atoms with Crippen molar-refractivity contribution in [1.29, 1.82) is 0 Å². The first-order valence-corrected chi connectivity index (χ1v) is 8.95. The van der Waals surface area contributed by atoms with Crippen LogP contribution in [-0.4, -0.2) is 13.0 Å². The molecule has 2 aromatic carbocycles. The van der Waals surface area contributed by atoms with Crippen LogP contribution in [-0.2, 0) is 14.7 Å². The molecule has 0 spiro atoms. The van der Waals surface area contributed by atoms with Gasteiger partial charge < -0.3 is 9.05 Å². The second-order valence-electron chi connectivity index (χ2n) is 4.06. The molecule has 0 amide bonds. The Balaban J connectivity index is 2.42. The Kier molecular flexibility index (Phi) is 4.92. The van der Waals surface area contributed by atoms with Gasteiger partial charge in [-0.3, -0.25) is 4.55 Å². The number of azide groups is 1. The normalized spacial score (nSPS) is 13.4. The van der Waals surface area contributed by atoms with Crippen LogP contribution in [0.1, 0.15) is 0 Å². The van der Waals surface area contributed by atoms with Gasteiger partial charge in [-0.1, -0.05) is 30.3 Å². The Morgan fingerprint density at radius 3 is 2.26 bits per heavy atom. The van der Waals surface area contributed by atoms with Crippen LogP contribution in [0, 0.1) is 0 Å². The van der Waals surface area contributed by atoms with Crippen molar-refractivity contribution >= 4 is 17.9 Å². The molecule has 23 heavy (non-hydrogen) atoms. The maximum atomic E-state index is 12.5. The highest BCUT2D eigenvalue weighted by Gasteiger charge is 2.30. The van der Waals surface area contributed by atoms with Gasteiger partial charge in [0.25, 0.3) is 10.1 Å². The molecule has 0 heterocycles. The molecule has 0 aromatic heterocycles. The quantitative estimate of drug-likeness (QED) is 0.275. The average molecular weight is 355 g/mol. The minimum atomic E-state index is -4.63. The van der Waals surface area contributed by atoms with Crippen molar-refractivity contribution in [2.75, 3.05) is 0 Å². The molecular weight excluding hydrogens is 345 g/mol. The predicted molar refractivity (Wildman–Crippen MR) is 80.7 cm³/mol. The summed E-state index contributed by atoms with van der Waals surface area (Å²) in [5, 5.41) is 0. The Morgan fingerprint density at radius 2 is 1.65 bits per heavy atom. The minimum Gasteiger partial charge on any atom is -0.411 e. The van der Waals surface area contributed by atoms with Gasteiger partial charge in [0.1, 0.15) is 10.6 Å². The lowest BCUT2D eigenvalue weighted by molar-refractivity contribution is 0.382. The smallest absolute Gasteiger partial charge is 0.411 e. The largest absolute Gasteiger partial charge is 0.525 e. The van der Waals surface area contributed by atoms with Crippen LogP contribution in [0.3, 0.4) is 0 Å². The van der Waals surface area contributed by atoms with Crippen molar-refractivity contribution in [1.82, 2.24) is 0 Å². The van der Waals surface area contributed by atoms with Crippen LogP contribution in [0.5, 0.6) is 11.5 Å². The van der Waals surface area contributed by atoms with Crippen molar-refractivity contribution < 1.29 is 26.6 Å². The van der Waals surface area contributed by atoms with Gasteiger partial charge in [0.05, 0.1) is 0 Å². The van der Waals surface area contributed by atoms with E-state index in [1.807, 2.05) is 0 Å². The van der Waals surface area contributed by atoms with E-state index in [9.17, 15) is 13.0 Å². The third-order valence-corrected chi connectivity index (χ3v) is 4.52. The van der Waals surface area contributed by atoms with Crippen molar-refractivity contribution in [2.24, 2.45) is 4.88 Å². The summed E-state index contributed by atoms with van der Waals surface area (Å²) in [4.78, 5) is 4.74. The summed E-state index contributed by atoms with van der Waals surface area (Å²) in [6.45, 7) is 0. The Bertz CT molecular complexity index is 896.